The average molecular weight is 268 g/mol. The summed E-state index contributed by atoms with van der Waals surface area (Å²) >= 11 is 0. The van der Waals surface area contributed by atoms with Crippen LogP contribution in [0.5, 0.6) is 5.75 Å². The van der Waals surface area contributed by atoms with Crippen molar-refractivity contribution in [3.63, 3.8) is 0 Å². The summed E-state index contributed by atoms with van der Waals surface area (Å²) in [5.41, 5.74) is 0.298. The van der Waals surface area contributed by atoms with Gasteiger partial charge in [-0.2, -0.15) is 0 Å². The Hall–Kier alpha value is -1.13. The van der Waals surface area contributed by atoms with Crippen molar-refractivity contribution >= 4 is 0 Å². The zero-order valence-corrected chi connectivity index (χ0v) is 11.3. The van der Waals surface area contributed by atoms with Gasteiger partial charge >= 0.3 is 0 Å². The fourth-order valence-corrected chi connectivity index (χ4v) is 2.31. The maximum Gasteiger partial charge on any atom is 0.132 e. The molecule has 0 aliphatic carbocycles. The first-order valence-corrected chi connectivity index (χ1v) is 6.88. The number of halogens is 1. The highest BCUT2D eigenvalue weighted by Gasteiger charge is 2.14. The van der Waals surface area contributed by atoms with Crippen LogP contribution in [0.4, 0.5) is 4.39 Å². The van der Waals surface area contributed by atoms with E-state index >= 15 is 0 Å². The summed E-state index contributed by atoms with van der Waals surface area (Å²) in [6.45, 7) is 2.98. The van der Waals surface area contributed by atoms with Crippen LogP contribution in [-0.2, 0) is 4.74 Å². The Morgan fingerprint density at radius 3 is 3.00 bits per heavy atom. The molecule has 1 N–H and O–H groups in total. The molecule has 1 heterocycles. The minimum Gasteiger partial charge on any atom is -0.493 e. The van der Waals surface area contributed by atoms with E-state index in [4.69, 9.17) is 9.47 Å². The molecular weight excluding hydrogens is 247 g/mol. The summed E-state index contributed by atoms with van der Waals surface area (Å²) in [4.78, 5) is 0. The third-order valence-corrected chi connectivity index (χ3v) is 3.39. The molecule has 3 nitrogen and oxygen atoms in total. The topological polar surface area (TPSA) is 38.7 Å². The number of aliphatic hydroxyl groups excluding tert-OH is 1. The molecule has 4 heteroatoms. The molecule has 19 heavy (non-hydrogen) atoms. The van der Waals surface area contributed by atoms with Gasteiger partial charge in [-0.3, -0.25) is 0 Å². The van der Waals surface area contributed by atoms with Crippen LogP contribution in [0, 0.1) is 5.82 Å². The SMILES string of the molecule is C[C@H](O)c1ccc(OCCCC2CCCO2)cc1F. The van der Waals surface area contributed by atoms with E-state index in [0.717, 1.165) is 32.3 Å². The van der Waals surface area contributed by atoms with E-state index < -0.39 is 11.9 Å². The summed E-state index contributed by atoms with van der Waals surface area (Å²) in [6.07, 6.45) is 3.76. The van der Waals surface area contributed by atoms with Crippen molar-refractivity contribution < 1.29 is 19.0 Å². The summed E-state index contributed by atoms with van der Waals surface area (Å²) in [7, 11) is 0. The van der Waals surface area contributed by atoms with Crippen molar-refractivity contribution in [2.45, 2.75) is 44.8 Å². The van der Waals surface area contributed by atoms with Gasteiger partial charge in [-0.25, -0.2) is 4.39 Å². The van der Waals surface area contributed by atoms with Gasteiger partial charge in [-0.1, -0.05) is 0 Å². The van der Waals surface area contributed by atoms with Gasteiger partial charge in [0.05, 0.1) is 18.8 Å². The maximum absolute atomic E-state index is 13.6. The van der Waals surface area contributed by atoms with Gasteiger partial charge in [0, 0.05) is 18.2 Å². The zero-order chi connectivity index (χ0) is 13.7. The van der Waals surface area contributed by atoms with Crippen LogP contribution in [0.15, 0.2) is 18.2 Å². The summed E-state index contributed by atoms with van der Waals surface area (Å²) in [5, 5.41) is 9.34. The molecule has 1 saturated heterocycles. The predicted octanol–water partition coefficient (Wildman–Crippen LogP) is 3.22. The lowest BCUT2D eigenvalue weighted by Crippen LogP contribution is -2.07. The van der Waals surface area contributed by atoms with Crippen LogP contribution in [0.1, 0.15) is 44.3 Å². The van der Waals surface area contributed by atoms with Crippen molar-refractivity contribution in [1.29, 1.82) is 0 Å². The quantitative estimate of drug-likeness (QED) is 0.805. The minimum atomic E-state index is -0.798. The number of ether oxygens (including phenoxy) is 2. The molecule has 0 bridgehead atoms. The molecular formula is C15H21FO3. The Morgan fingerprint density at radius 2 is 2.37 bits per heavy atom. The summed E-state index contributed by atoms with van der Waals surface area (Å²) < 4.78 is 24.6. The molecule has 0 radical (unpaired) electrons. The smallest absolute Gasteiger partial charge is 0.132 e. The molecule has 1 unspecified atom stereocenters. The lowest BCUT2D eigenvalue weighted by atomic mass is 10.1. The fourth-order valence-electron chi connectivity index (χ4n) is 2.31. The highest BCUT2D eigenvalue weighted by atomic mass is 19.1. The Bertz CT molecular complexity index is 400. The highest BCUT2D eigenvalue weighted by molar-refractivity contribution is 5.29. The molecule has 2 atom stereocenters. The summed E-state index contributed by atoms with van der Waals surface area (Å²) in [6, 6.07) is 4.58. The molecule has 1 fully saturated rings. The molecule has 0 spiro atoms. The van der Waals surface area contributed by atoms with Gasteiger partial charge in [0.1, 0.15) is 11.6 Å². The molecule has 1 aliphatic heterocycles. The van der Waals surface area contributed by atoms with E-state index in [2.05, 4.69) is 0 Å². The van der Waals surface area contributed by atoms with E-state index in [9.17, 15) is 9.50 Å². The van der Waals surface area contributed by atoms with E-state index in [-0.39, 0.29) is 0 Å². The predicted molar refractivity (Wildman–Crippen MR) is 70.7 cm³/mol. The number of hydrogen-bond donors (Lipinski definition) is 1. The second-order valence-corrected chi connectivity index (χ2v) is 4.99. The Morgan fingerprint density at radius 1 is 1.53 bits per heavy atom. The molecule has 1 aromatic carbocycles. The minimum absolute atomic E-state index is 0.298. The van der Waals surface area contributed by atoms with Gasteiger partial charge in [0.15, 0.2) is 0 Å². The second-order valence-electron chi connectivity index (χ2n) is 4.99. The monoisotopic (exact) mass is 268 g/mol. The highest BCUT2D eigenvalue weighted by Crippen LogP contribution is 2.22. The molecule has 0 saturated carbocycles. The summed E-state index contributed by atoms with van der Waals surface area (Å²) in [5.74, 6) is 0.0841. The normalized spacial score (nSPS) is 20.5. The Kier molecular flexibility index (Phi) is 5.16. The van der Waals surface area contributed by atoms with Crippen LogP contribution in [0.2, 0.25) is 0 Å². The van der Waals surface area contributed by atoms with Crippen molar-refractivity contribution in [3.05, 3.63) is 29.6 Å². The Labute approximate surface area is 113 Å². The van der Waals surface area contributed by atoms with Crippen LogP contribution in [0.25, 0.3) is 0 Å². The molecule has 0 amide bonds. The van der Waals surface area contributed by atoms with Gasteiger partial charge in [0.25, 0.3) is 0 Å². The largest absolute Gasteiger partial charge is 0.493 e. The lowest BCUT2D eigenvalue weighted by Gasteiger charge is -2.11. The van der Waals surface area contributed by atoms with E-state index in [0.29, 0.717) is 24.0 Å². The molecule has 0 aromatic heterocycles. The first-order chi connectivity index (χ1) is 9.16. The lowest BCUT2D eigenvalue weighted by molar-refractivity contribution is 0.0981. The average Bonchev–Trinajstić information content (AvgIpc) is 2.87. The van der Waals surface area contributed by atoms with Crippen molar-refractivity contribution in [1.82, 2.24) is 0 Å². The van der Waals surface area contributed by atoms with Gasteiger partial charge in [-0.05, 0) is 44.7 Å². The first-order valence-electron chi connectivity index (χ1n) is 6.88. The van der Waals surface area contributed by atoms with E-state index in [1.165, 1.54) is 6.07 Å². The van der Waals surface area contributed by atoms with E-state index in [1.54, 1.807) is 19.1 Å². The fraction of sp³-hybridized carbons (Fsp3) is 0.600. The van der Waals surface area contributed by atoms with E-state index in [1.807, 2.05) is 0 Å². The van der Waals surface area contributed by atoms with Crippen molar-refractivity contribution in [2.24, 2.45) is 0 Å². The number of benzene rings is 1. The molecule has 1 aromatic rings. The zero-order valence-electron chi connectivity index (χ0n) is 11.3. The molecule has 2 rings (SSSR count). The van der Waals surface area contributed by atoms with Crippen LogP contribution in [-0.4, -0.2) is 24.4 Å². The Balaban J connectivity index is 1.74. The van der Waals surface area contributed by atoms with Gasteiger partial charge in [0.2, 0.25) is 0 Å². The molecule has 106 valence electrons. The third-order valence-electron chi connectivity index (χ3n) is 3.39. The van der Waals surface area contributed by atoms with Gasteiger partial charge < -0.3 is 14.6 Å². The first kappa shape index (κ1) is 14.3. The van der Waals surface area contributed by atoms with Crippen molar-refractivity contribution in [2.75, 3.05) is 13.2 Å². The van der Waals surface area contributed by atoms with Gasteiger partial charge in [-0.15, -0.1) is 0 Å². The number of hydrogen-bond acceptors (Lipinski definition) is 3. The second kappa shape index (κ2) is 6.87. The van der Waals surface area contributed by atoms with Crippen LogP contribution < -0.4 is 4.74 Å². The van der Waals surface area contributed by atoms with Crippen LogP contribution in [0.3, 0.4) is 0 Å². The standard InChI is InChI=1S/C15H21FO3/c1-11(17)14-7-6-13(10-15(14)16)19-9-3-5-12-4-2-8-18-12/h6-7,10-12,17H,2-5,8-9H2,1H3/t11-,12?/m0/s1. The third kappa shape index (κ3) is 4.18. The number of aliphatic hydroxyl groups is 1. The molecule has 1 aliphatic rings. The van der Waals surface area contributed by atoms with Crippen LogP contribution >= 0.6 is 0 Å². The number of rotatable bonds is 6. The maximum atomic E-state index is 13.6. The van der Waals surface area contributed by atoms with Crippen molar-refractivity contribution in [3.8, 4) is 5.75 Å².